The van der Waals surface area contributed by atoms with Gasteiger partial charge in [-0.2, -0.15) is 0 Å². The van der Waals surface area contributed by atoms with Gasteiger partial charge in [-0.3, -0.25) is 4.79 Å². The van der Waals surface area contributed by atoms with E-state index >= 15 is 0 Å². The summed E-state index contributed by atoms with van der Waals surface area (Å²) in [6.45, 7) is 0. The fourth-order valence-corrected chi connectivity index (χ4v) is 1.23. The standard InChI is InChI=1S/C12H8NO.Rh/c14-9-10-4-3-5-11(8-10)12-6-1-2-7-13-12;/h1-4,6-9H;/q-1;. The van der Waals surface area contributed by atoms with Gasteiger partial charge in [0.25, 0.3) is 0 Å². The number of rotatable bonds is 2. The van der Waals surface area contributed by atoms with Gasteiger partial charge < -0.3 is 4.98 Å². The molecule has 0 unspecified atom stereocenters. The van der Waals surface area contributed by atoms with Gasteiger partial charge in [-0.05, 0) is 11.8 Å². The summed E-state index contributed by atoms with van der Waals surface area (Å²) in [6, 6.07) is 13.9. The van der Waals surface area contributed by atoms with Crippen LogP contribution in [0.3, 0.4) is 0 Å². The molecule has 0 atom stereocenters. The Morgan fingerprint density at radius 2 is 2.13 bits per heavy atom. The van der Waals surface area contributed by atoms with Crippen molar-refractivity contribution < 1.29 is 24.3 Å². The van der Waals surface area contributed by atoms with Gasteiger partial charge in [0.2, 0.25) is 0 Å². The minimum atomic E-state index is 0. The van der Waals surface area contributed by atoms with Crippen molar-refractivity contribution in [2.24, 2.45) is 0 Å². The molecule has 0 saturated heterocycles. The van der Waals surface area contributed by atoms with E-state index in [9.17, 15) is 4.79 Å². The molecular weight excluding hydrogens is 277 g/mol. The molecule has 0 bridgehead atoms. The van der Waals surface area contributed by atoms with E-state index in [1.165, 1.54) is 0 Å². The van der Waals surface area contributed by atoms with Crippen LogP contribution in [0.5, 0.6) is 0 Å². The first-order valence-corrected chi connectivity index (χ1v) is 4.28. The molecule has 0 spiro atoms. The number of aromatic nitrogens is 1. The van der Waals surface area contributed by atoms with E-state index in [4.69, 9.17) is 0 Å². The topological polar surface area (TPSA) is 30.0 Å². The fraction of sp³-hybridized carbons (Fsp3) is 0. The number of benzene rings is 1. The fourth-order valence-electron chi connectivity index (χ4n) is 1.23. The molecule has 2 aromatic rings. The van der Waals surface area contributed by atoms with Gasteiger partial charge >= 0.3 is 0 Å². The van der Waals surface area contributed by atoms with Crippen molar-refractivity contribution >= 4 is 6.29 Å². The average Bonchev–Trinajstić information content (AvgIpc) is 2.30. The monoisotopic (exact) mass is 285 g/mol. The van der Waals surface area contributed by atoms with Crippen molar-refractivity contribution in [3.05, 3.63) is 54.2 Å². The molecule has 0 fully saturated rings. The summed E-state index contributed by atoms with van der Waals surface area (Å²) in [5.41, 5.74) is 2.32. The van der Waals surface area contributed by atoms with Gasteiger partial charge in [-0.15, -0.1) is 29.8 Å². The summed E-state index contributed by atoms with van der Waals surface area (Å²) in [6.07, 6.45) is 2.54. The number of hydrogen-bond acceptors (Lipinski definition) is 2. The van der Waals surface area contributed by atoms with Crippen molar-refractivity contribution in [2.45, 2.75) is 0 Å². The average molecular weight is 285 g/mol. The van der Waals surface area contributed by atoms with Crippen LogP contribution in [0.2, 0.25) is 0 Å². The van der Waals surface area contributed by atoms with Crippen LogP contribution >= 0.6 is 0 Å². The minimum Gasteiger partial charge on any atom is -0.305 e. The second-order valence-electron chi connectivity index (χ2n) is 2.87. The third-order valence-electron chi connectivity index (χ3n) is 1.90. The number of aldehydes is 1. The van der Waals surface area contributed by atoms with Gasteiger partial charge in [0.15, 0.2) is 0 Å². The molecule has 0 amide bonds. The van der Waals surface area contributed by atoms with Gasteiger partial charge in [-0.1, -0.05) is 17.7 Å². The molecule has 0 aliphatic heterocycles. The third-order valence-corrected chi connectivity index (χ3v) is 1.90. The predicted octanol–water partition coefficient (Wildman–Crippen LogP) is 2.36. The maximum Gasteiger partial charge on any atom is 0.131 e. The smallest absolute Gasteiger partial charge is 0.131 e. The Hall–Kier alpha value is -1.34. The number of hydrogen-bond donors (Lipinski definition) is 0. The Kier molecular flexibility index (Phi) is 4.32. The molecule has 2 rings (SSSR count). The van der Waals surface area contributed by atoms with E-state index in [0.29, 0.717) is 5.56 Å². The summed E-state index contributed by atoms with van der Waals surface area (Å²) in [7, 11) is 0. The summed E-state index contributed by atoms with van der Waals surface area (Å²) in [5, 5.41) is 0. The Morgan fingerprint density at radius 1 is 1.27 bits per heavy atom. The summed E-state index contributed by atoms with van der Waals surface area (Å²) in [5.74, 6) is 0. The Morgan fingerprint density at radius 3 is 2.80 bits per heavy atom. The minimum absolute atomic E-state index is 0. The molecule has 0 N–H and O–H groups in total. The van der Waals surface area contributed by atoms with E-state index in [-0.39, 0.29) is 19.5 Å². The number of nitrogens with zero attached hydrogens (tertiary/aromatic N) is 1. The van der Waals surface area contributed by atoms with Crippen LogP contribution in [0.1, 0.15) is 10.4 Å². The summed E-state index contributed by atoms with van der Waals surface area (Å²) >= 11 is 0. The van der Waals surface area contributed by atoms with Crippen molar-refractivity contribution in [1.82, 2.24) is 4.98 Å². The van der Waals surface area contributed by atoms with Gasteiger partial charge in [0.1, 0.15) is 6.29 Å². The normalized spacial score (nSPS) is 9.07. The number of carbonyl (C=O) groups is 1. The number of pyridine rings is 1. The zero-order valence-corrected chi connectivity index (χ0v) is 9.45. The Bertz CT molecular complexity index is 442. The molecular formula is C12H8NORh-. The van der Waals surface area contributed by atoms with Crippen molar-refractivity contribution in [3.63, 3.8) is 0 Å². The van der Waals surface area contributed by atoms with E-state index < -0.39 is 0 Å². The molecule has 0 aliphatic carbocycles. The second kappa shape index (κ2) is 5.52. The SMILES string of the molecule is O=Cc1cc[c-]c(-c2ccccn2)c1.[Rh]. The second-order valence-corrected chi connectivity index (χ2v) is 2.87. The Balaban J connectivity index is 0.00000112. The molecule has 1 aromatic carbocycles. The largest absolute Gasteiger partial charge is 0.305 e. The predicted molar refractivity (Wildman–Crippen MR) is 53.9 cm³/mol. The summed E-state index contributed by atoms with van der Waals surface area (Å²) in [4.78, 5) is 14.7. The van der Waals surface area contributed by atoms with Gasteiger partial charge in [-0.25, -0.2) is 0 Å². The Labute approximate surface area is 101 Å². The third kappa shape index (κ3) is 2.80. The van der Waals surface area contributed by atoms with E-state index in [2.05, 4.69) is 11.1 Å². The zero-order valence-electron chi connectivity index (χ0n) is 7.81. The van der Waals surface area contributed by atoms with Crippen molar-refractivity contribution in [1.29, 1.82) is 0 Å². The van der Waals surface area contributed by atoms with Crippen LogP contribution in [-0.2, 0) is 19.5 Å². The quantitative estimate of drug-likeness (QED) is 0.481. The van der Waals surface area contributed by atoms with Crippen LogP contribution in [0.25, 0.3) is 11.3 Å². The van der Waals surface area contributed by atoms with Crippen LogP contribution in [0.4, 0.5) is 0 Å². The molecule has 77 valence electrons. The number of carbonyl (C=O) groups excluding carboxylic acids is 1. The molecule has 15 heavy (non-hydrogen) atoms. The first-order chi connectivity index (χ1) is 6.90. The van der Waals surface area contributed by atoms with Crippen LogP contribution in [0, 0.1) is 6.07 Å². The summed E-state index contributed by atoms with van der Waals surface area (Å²) < 4.78 is 0. The first kappa shape index (κ1) is 11.7. The first-order valence-electron chi connectivity index (χ1n) is 4.28. The maximum atomic E-state index is 10.6. The van der Waals surface area contributed by atoms with Crippen LogP contribution in [0.15, 0.2) is 42.6 Å². The van der Waals surface area contributed by atoms with E-state index in [0.717, 1.165) is 17.5 Å². The molecule has 2 nitrogen and oxygen atoms in total. The molecule has 1 heterocycles. The van der Waals surface area contributed by atoms with Crippen molar-refractivity contribution in [3.8, 4) is 11.3 Å². The van der Waals surface area contributed by atoms with Crippen LogP contribution in [-0.4, -0.2) is 11.3 Å². The van der Waals surface area contributed by atoms with E-state index in [1.807, 2.05) is 18.2 Å². The van der Waals surface area contributed by atoms with Gasteiger partial charge in [0, 0.05) is 25.7 Å². The molecule has 1 aromatic heterocycles. The zero-order chi connectivity index (χ0) is 9.80. The maximum absolute atomic E-state index is 10.6. The molecule has 1 radical (unpaired) electrons. The molecule has 3 heteroatoms. The van der Waals surface area contributed by atoms with Crippen molar-refractivity contribution in [2.75, 3.05) is 0 Å². The molecule has 0 saturated carbocycles. The van der Waals surface area contributed by atoms with Gasteiger partial charge in [0.05, 0.1) is 0 Å². The van der Waals surface area contributed by atoms with E-state index in [1.54, 1.807) is 24.4 Å². The van der Waals surface area contributed by atoms with Crippen LogP contribution < -0.4 is 0 Å². The molecule has 0 aliphatic rings.